The van der Waals surface area contributed by atoms with Crippen LogP contribution in [0.3, 0.4) is 0 Å². The fraction of sp³-hybridized carbons (Fsp3) is 0.629. The smallest absolute Gasteiger partial charge is 0.249 e. The van der Waals surface area contributed by atoms with E-state index in [2.05, 4.69) is 34.6 Å². The number of fused-ring (bicyclic) bond motifs is 2. The van der Waals surface area contributed by atoms with Gasteiger partial charge in [-0.2, -0.15) is 0 Å². The molecule has 44 heavy (non-hydrogen) atoms. The van der Waals surface area contributed by atoms with E-state index in [9.17, 15) is 19.5 Å². The lowest BCUT2D eigenvalue weighted by atomic mass is 9.77. The van der Waals surface area contributed by atoms with Crippen LogP contribution < -0.4 is 9.64 Å². The van der Waals surface area contributed by atoms with Crippen molar-refractivity contribution in [2.75, 3.05) is 31.2 Å². The molecule has 1 aromatic carbocycles. The van der Waals surface area contributed by atoms with E-state index >= 15 is 0 Å². The summed E-state index contributed by atoms with van der Waals surface area (Å²) in [5.74, 6) is -1.93. The number of rotatable bonds is 8. The molecule has 0 aromatic heterocycles. The van der Waals surface area contributed by atoms with Gasteiger partial charge in [-0.05, 0) is 62.8 Å². The largest absolute Gasteiger partial charge is 0.494 e. The number of carbonyl (C=O) groups excluding carboxylic acids is 3. The predicted molar refractivity (Wildman–Crippen MR) is 169 cm³/mol. The number of hydrogen-bond donors (Lipinski definition) is 1. The van der Waals surface area contributed by atoms with E-state index in [1.807, 2.05) is 74.2 Å². The summed E-state index contributed by atoms with van der Waals surface area (Å²) in [6.45, 7) is 17.3. The van der Waals surface area contributed by atoms with E-state index in [0.717, 1.165) is 6.42 Å². The average Bonchev–Trinajstić information content (AvgIpc) is 3.23. The van der Waals surface area contributed by atoms with Gasteiger partial charge in [0.05, 0.1) is 37.2 Å². The lowest BCUT2D eigenvalue weighted by Crippen LogP contribution is -2.62. The van der Waals surface area contributed by atoms with Crippen molar-refractivity contribution in [1.82, 2.24) is 9.80 Å². The maximum Gasteiger partial charge on any atom is 0.249 e. The number of aliphatic hydroxyl groups is 1. The highest BCUT2D eigenvalue weighted by molar-refractivity contribution is 6.04. The molecule has 1 aromatic rings. The maximum absolute atomic E-state index is 14.8. The van der Waals surface area contributed by atoms with E-state index in [4.69, 9.17) is 9.47 Å². The number of aliphatic hydroxyl groups excluding tert-OH is 1. The minimum Gasteiger partial charge on any atom is -0.494 e. The van der Waals surface area contributed by atoms with Gasteiger partial charge in [-0.3, -0.25) is 14.4 Å². The highest BCUT2D eigenvalue weighted by Gasteiger charge is 2.73. The second-order valence-electron chi connectivity index (χ2n) is 14.8. The number of likely N-dealkylation sites (tertiary alicyclic amines) is 1. The second-order valence-corrected chi connectivity index (χ2v) is 14.8. The van der Waals surface area contributed by atoms with Gasteiger partial charge in [0, 0.05) is 24.3 Å². The zero-order valence-corrected chi connectivity index (χ0v) is 27.4. The van der Waals surface area contributed by atoms with E-state index in [-0.39, 0.29) is 35.7 Å². The highest BCUT2D eigenvalue weighted by atomic mass is 16.5. The first-order chi connectivity index (χ1) is 20.7. The van der Waals surface area contributed by atoms with E-state index in [0.29, 0.717) is 31.1 Å². The van der Waals surface area contributed by atoms with Crippen LogP contribution in [0, 0.1) is 23.2 Å². The standard InChI is InChI=1S/C35H49N3O6/c1-9-43-24-15-13-23(14-16-24)36-18-10-12-26-27(30(36)40)28-31(41)38(25(20-39)22(2)3)29-32(42)37(19-11-17-35(28,29)44-26)34(7,8)21-33(4,5)6/h10-17,22,25-29,39H,9,18-21H2,1-8H3/t25-,26+,27-,28-,29?,35-/m0/s1. The lowest BCUT2D eigenvalue weighted by Gasteiger charge is -2.45. The van der Waals surface area contributed by atoms with E-state index in [1.54, 1.807) is 9.80 Å². The molecular formula is C35H49N3O6. The van der Waals surface area contributed by atoms with Crippen molar-refractivity contribution in [2.24, 2.45) is 23.2 Å². The first-order valence-electron chi connectivity index (χ1n) is 16.0. The summed E-state index contributed by atoms with van der Waals surface area (Å²) in [5, 5.41) is 10.6. The molecule has 9 heteroatoms. The van der Waals surface area contributed by atoms with Gasteiger partial charge in [0.2, 0.25) is 17.7 Å². The third-order valence-corrected chi connectivity index (χ3v) is 9.56. The maximum atomic E-state index is 14.8. The Balaban J connectivity index is 1.59. The van der Waals surface area contributed by atoms with Gasteiger partial charge < -0.3 is 29.3 Å². The fourth-order valence-electron chi connectivity index (χ4n) is 8.11. The molecule has 0 aliphatic carbocycles. The number of carbonyl (C=O) groups is 3. The minimum atomic E-state index is -1.35. The molecule has 6 atom stereocenters. The number of ether oxygens (including phenoxy) is 2. The topological polar surface area (TPSA) is 99.6 Å². The summed E-state index contributed by atoms with van der Waals surface area (Å²) in [6.07, 6.45) is 7.65. The van der Waals surface area contributed by atoms with Crippen molar-refractivity contribution in [3.8, 4) is 5.75 Å². The van der Waals surface area contributed by atoms with Crippen molar-refractivity contribution >= 4 is 23.4 Å². The molecule has 4 heterocycles. The van der Waals surface area contributed by atoms with E-state index in [1.165, 1.54) is 0 Å². The molecule has 0 bridgehead atoms. The van der Waals surface area contributed by atoms with Gasteiger partial charge >= 0.3 is 0 Å². The molecule has 2 fully saturated rings. The third-order valence-electron chi connectivity index (χ3n) is 9.56. The van der Waals surface area contributed by atoms with Crippen LogP contribution in [0.15, 0.2) is 48.6 Å². The summed E-state index contributed by atoms with van der Waals surface area (Å²) < 4.78 is 12.4. The first kappa shape index (κ1) is 32.2. The Bertz CT molecular complexity index is 1330. The van der Waals surface area contributed by atoms with Crippen LogP contribution >= 0.6 is 0 Å². The van der Waals surface area contributed by atoms with Crippen molar-refractivity contribution < 1.29 is 29.0 Å². The third kappa shape index (κ3) is 5.36. The van der Waals surface area contributed by atoms with Crippen LogP contribution in [-0.4, -0.2) is 88.3 Å². The van der Waals surface area contributed by atoms with Crippen LogP contribution in [0.1, 0.15) is 61.8 Å². The van der Waals surface area contributed by atoms with E-state index < -0.39 is 41.2 Å². The number of nitrogens with zero attached hydrogens (tertiary/aromatic N) is 3. The Morgan fingerprint density at radius 3 is 2.27 bits per heavy atom. The molecule has 9 nitrogen and oxygen atoms in total. The molecule has 4 aliphatic heterocycles. The molecule has 4 aliphatic rings. The van der Waals surface area contributed by atoms with Gasteiger partial charge in [-0.15, -0.1) is 0 Å². The average molecular weight is 608 g/mol. The Morgan fingerprint density at radius 2 is 1.68 bits per heavy atom. The summed E-state index contributed by atoms with van der Waals surface area (Å²) in [5.41, 5.74) is -1.22. The zero-order chi connectivity index (χ0) is 32.2. The summed E-state index contributed by atoms with van der Waals surface area (Å²) in [7, 11) is 0. The van der Waals surface area contributed by atoms with Crippen molar-refractivity contribution in [3.05, 3.63) is 48.6 Å². The Morgan fingerprint density at radius 1 is 1.00 bits per heavy atom. The molecule has 5 rings (SSSR count). The number of amides is 3. The quantitative estimate of drug-likeness (QED) is 0.445. The molecule has 1 spiro atoms. The number of benzene rings is 1. The van der Waals surface area contributed by atoms with Crippen LogP contribution in [0.25, 0.3) is 0 Å². The van der Waals surface area contributed by atoms with Crippen molar-refractivity contribution in [1.29, 1.82) is 0 Å². The molecule has 1 unspecified atom stereocenters. The fourth-order valence-corrected chi connectivity index (χ4v) is 8.11. The summed E-state index contributed by atoms with van der Waals surface area (Å²) in [6, 6.07) is 5.73. The Hall–Kier alpha value is -3.17. The van der Waals surface area contributed by atoms with Gasteiger partial charge in [0.25, 0.3) is 0 Å². The Kier molecular flexibility index (Phi) is 8.53. The minimum absolute atomic E-state index is 0.0463. The molecule has 1 N–H and O–H groups in total. The molecule has 3 amide bonds. The van der Waals surface area contributed by atoms with Crippen LogP contribution in [0.5, 0.6) is 5.75 Å². The molecule has 0 radical (unpaired) electrons. The van der Waals surface area contributed by atoms with Crippen LogP contribution in [0.2, 0.25) is 0 Å². The zero-order valence-electron chi connectivity index (χ0n) is 27.4. The normalized spacial score (nSPS) is 29.5. The second kappa shape index (κ2) is 11.6. The van der Waals surface area contributed by atoms with Gasteiger partial charge in [0.1, 0.15) is 17.4 Å². The van der Waals surface area contributed by atoms with Crippen LogP contribution in [-0.2, 0) is 19.1 Å². The predicted octanol–water partition coefficient (Wildman–Crippen LogP) is 4.20. The summed E-state index contributed by atoms with van der Waals surface area (Å²) in [4.78, 5) is 49.1. The van der Waals surface area contributed by atoms with Gasteiger partial charge in [0.15, 0.2) is 0 Å². The van der Waals surface area contributed by atoms with Gasteiger partial charge in [-0.1, -0.05) is 58.9 Å². The van der Waals surface area contributed by atoms with Crippen LogP contribution in [0.4, 0.5) is 5.69 Å². The first-order valence-corrected chi connectivity index (χ1v) is 16.0. The highest BCUT2D eigenvalue weighted by Crippen LogP contribution is 2.55. The lowest BCUT2D eigenvalue weighted by molar-refractivity contribution is -0.155. The Labute approximate surface area is 261 Å². The monoisotopic (exact) mass is 607 g/mol. The molecular weight excluding hydrogens is 558 g/mol. The number of anilines is 1. The van der Waals surface area contributed by atoms with Crippen molar-refractivity contribution in [3.63, 3.8) is 0 Å². The van der Waals surface area contributed by atoms with Crippen molar-refractivity contribution in [2.45, 2.75) is 91.1 Å². The SMILES string of the molecule is CCOc1ccc(N2CC=C[C@H]3O[C@]45C=CCN(C(C)(C)CC(C)(C)C)C(=O)C4N([C@@H](CO)C(C)C)C(=O)[C@@H]5[C@H]3C2=O)cc1. The molecule has 240 valence electrons. The number of hydrogen-bond acceptors (Lipinski definition) is 6. The summed E-state index contributed by atoms with van der Waals surface area (Å²) >= 11 is 0. The van der Waals surface area contributed by atoms with Gasteiger partial charge in [-0.25, -0.2) is 0 Å². The molecule has 0 saturated carbocycles. The molecule has 2 saturated heterocycles.